The molecule has 0 amide bonds. The molecule has 1 aromatic carbocycles. The third-order valence-electron chi connectivity index (χ3n) is 2.07. The number of hydrogen-bond donors (Lipinski definition) is 2. The Balaban J connectivity index is 3.29. The molecule has 0 aliphatic rings. The summed E-state index contributed by atoms with van der Waals surface area (Å²) in [5.74, 6) is 0. The predicted molar refractivity (Wildman–Crippen MR) is 56.8 cm³/mol. The largest absolute Gasteiger partial charge is 0.392 e. The lowest BCUT2D eigenvalue weighted by atomic mass is 9.95. The van der Waals surface area contributed by atoms with Gasteiger partial charge >= 0.3 is 0 Å². The Bertz CT molecular complexity index is 340. The molecule has 76 valence electrons. The Kier molecular flexibility index (Phi) is 3.03. The smallest absolute Gasteiger partial charge is 0.0861 e. The van der Waals surface area contributed by atoms with Crippen LogP contribution in [0.25, 0.3) is 0 Å². The zero-order chi connectivity index (χ0) is 10.8. The molecule has 0 aromatic heterocycles. The fourth-order valence-electron chi connectivity index (χ4n) is 1.31. The lowest BCUT2D eigenvalue weighted by Gasteiger charge is -2.20. The molecule has 0 unspecified atom stereocenters. The quantitative estimate of drug-likeness (QED) is 0.718. The zero-order valence-corrected chi connectivity index (χ0v) is 8.49. The Morgan fingerprint density at radius 1 is 1.43 bits per heavy atom. The van der Waals surface area contributed by atoms with Gasteiger partial charge in [-0.15, -0.1) is 0 Å². The summed E-state index contributed by atoms with van der Waals surface area (Å²) in [6, 6.07) is 5.25. The molecule has 0 aliphatic carbocycles. The zero-order valence-electron chi connectivity index (χ0n) is 8.49. The van der Waals surface area contributed by atoms with E-state index < -0.39 is 5.60 Å². The van der Waals surface area contributed by atoms with Crippen molar-refractivity contribution in [2.45, 2.75) is 26.1 Å². The molecule has 0 bridgehead atoms. The van der Waals surface area contributed by atoms with Crippen LogP contribution in [0.5, 0.6) is 0 Å². The second-order valence-corrected chi connectivity index (χ2v) is 3.73. The number of aliphatic imine (C=N–C) groups is 1. The maximum atomic E-state index is 9.85. The van der Waals surface area contributed by atoms with Crippen LogP contribution < -0.4 is 0 Å². The van der Waals surface area contributed by atoms with E-state index in [9.17, 15) is 5.11 Å². The van der Waals surface area contributed by atoms with E-state index in [1.54, 1.807) is 32.0 Å². The molecule has 0 saturated heterocycles. The molecular formula is C11H15NO2. The highest BCUT2D eigenvalue weighted by molar-refractivity contribution is 5.54. The Morgan fingerprint density at radius 2 is 2.07 bits per heavy atom. The van der Waals surface area contributed by atoms with Gasteiger partial charge in [0.05, 0.1) is 17.9 Å². The van der Waals surface area contributed by atoms with Crippen molar-refractivity contribution in [3.8, 4) is 0 Å². The van der Waals surface area contributed by atoms with Gasteiger partial charge in [-0.3, -0.25) is 4.99 Å². The number of hydrogen-bond acceptors (Lipinski definition) is 3. The summed E-state index contributed by atoms with van der Waals surface area (Å²) in [7, 11) is 0. The van der Waals surface area contributed by atoms with Crippen molar-refractivity contribution in [2.24, 2.45) is 4.99 Å². The van der Waals surface area contributed by atoms with Crippen LogP contribution in [0.4, 0.5) is 5.69 Å². The van der Waals surface area contributed by atoms with Crippen LogP contribution in [0.1, 0.15) is 25.0 Å². The minimum Gasteiger partial charge on any atom is -0.392 e. The fraction of sp³-hybridized carbons (Fsp3) is 0.364. The SMILES string of the molecule is C=Nc1ccc(CO)cc1C(C)(C)O. The van der Waals surface area contributed by atoms with E-state index in [1.165, 1.54) is 0 Å². The van der Waals surface area contributed by atoms with E-state index in [0.717, 1.165) is 5.56 Å². The average molecular weight is 193 g/mol. The van der Waals surface area contributed by atoms with Gasteiger partial charge in [-0.1, -0.05) is 6.07 Å². The molecule has 3 nitrogen and oxygen atoms in total. The molecule has 14 heavy (non-hydrogen) atoms. The molecular weight excluding hydrogens is 178 g/mol. The highest BCUT2D eigenvalue weighted by atomic mass is 16.3. The number of aliphatic hydroxyl groups excluding tert-OH is 1. The molecule has 0 heterocycles. The van der Waals surface area contributed by atoms with Gasteiger partial charge in [0, 0.05) is 5.56 Å². The summed E-state index contributed by atoms with van der Waals surface area (Å²) < 4.78 is 0. The maximum Gasteiger partial charge on any atom is 0.0861 e. The van der Waals surface area contributed by atoms with Gasteiger partial charge in [-0.2, -0.15) is 0 Å². The lowest BCUT2D eigenvalue weighted by Crippen LogP contribution is -2.16. The molecule has 0 fully saturated rings. The minimum atomic E-state index is -0.971. The Hall–Kier alpha value is -1.19. The van der Waals surface area contributed by atoms with Gasteiger partial charge in [0.2, 0.25) is 0 Å². The van der Waals surface area contributed by atoms with E-state index in [0.29, 0.717) is 11.3 Å². The van der Waals surface area contributed by atoms with Crippen LogP contribution in [0, 0.1) is 0 Å². The Labute approximate surface area is 83.7 Å². The first-order valence-electron chi connectivity index (χ1n) is 4.42. The number of rotatable bonds is 3. The average Bonchev–Trinajstić information content (AvgIpc) is 2.15. The first-order valence-corrected chi connectivity index (χ1v) is 4.42. The van der Waals surface area contributed by atoms with Gasteiger partial charge in [-0.05, 0) is 38.3 Å². The van der Waals surface area contributed by atoms with E-state index in [1.807, 2.05) is 0 Å². The highest BCUT2D eigenvalue weighted by Crippen LogP contribution is 2.30. The lowest BCUT2D eigenvalue weighted by molar-refractivity contribution is 0.0790. The monoisotopic (exact) mass is 193 g/mol. The summed E-state index contributed by atoms with van der Waals surface area (Å²) in [6.45, 7) is 6.75. The molecule has 0 atom stereocenters. The molecule has 2 N–H and O–H groups in total. The summed E-state index contributed by atoms with van der Waals surface area (Å²) in [5, 5.41) is 18.8. The van der Waals surface area contributed by atoms with Crippen LogP contribution in [-0.2, 0) is 12.2 Å². The maximum absolute atomic E-state index is 9.85. The molecule has 1 aromatic rings. The van der Waals surface area contributed by atoms with E-state index in [2.05, 4.69) is 11.7 Å². The van der Waals surface area contributed by atoms with Gasteiger partial charge < -0.3 is 10.2 Å². The van der Waals surface area contributed by atoms with E-state index >= 15 is 0 Å². The van der Waals surface area contributed by atoms with Crippen molar-refractivity contribution in [3.63, 3.8) is 0 Å². The van der Waals surface area contributed by atoms with Crippen molar-refractivity contribution in [2.75, 3.05) is 0 Å². The van der Waals surface area contributed by atoms with Crippen molar-refractivity contribution in [1.29, 1.82) is 0 Å². The number of nitrogens with zero attached hydrogens (tertiary/aromatic N) is 1. The van der Waals surface area contributed by atoms with Gasteiger partial charge in [0.15, 0.2) is 0 Å². The Morgan fingerprint density at radius 3 is 2.50 bits per heavy atom. The van der Waals surface area contributed by atoms with Gasteiger partial charge in [0.1, 0.15) is 0 Å². The first kappa shape index (κ1) is 10.9. The standard InChI is InChI=1S/C11H15NO2/c1-11(2,14)9-6-8(7-13)4-5-10(9)12-3/h4-6,13-14H,3,7H2,1-2H3. The molecule has 0 spiro atoms. The second kappa shape index (κ2) is 3.90. The van der Waals surface area contributed by atoms with E-state index in [-0.39, 0.29) is 6.61 Å². The third kappa shape index (κ3) is 2.19. The predicted octanol–water partition coefficient (Wildman–Crippen LogP) is 1.74. The molecule has 0 saturated carbocycles. The van der Waals surface area contributed by atoms with Crippen molar-refractivity contribution < 1.29 is 10.2 Å². The molecule has 1 rings (SSSR count). The van der Waals surface area contributed by atoms with Crippen LogP contribution in [0.15, 0.2) is 23.2 Å². The topological polar surface area (TPSA) is 52.8 Å². The second-order valence-electron chi connectivity index (χ2n) is 3.73. The van der Waals surface area contributed by atoms with Crippen LogP contribution in [0.2, 0.25) is 0 Å². The van der Waals surface area contributed by atoms with Gasteiger partial charge in [-0.25, -0.2) is 0 Å². The summed E-state index contributed by atoms with van der Waals surface area (Å²) >= 11 is 0. The summed E-state index contributed by atoms with van der Waals surface area (Å²) in [6.07, 6.45) is 0. The first-order chi connectivity index (χ1) is 6.49. The summed E-state index contributed by atoms with van der Waals surface area (Å²) in [5.41, 5.74) is 1.12. The molecule has 0 radical (unpaired) electrons. The van der Waals surface area contributed by atoms with Crippen molar-refractivity contribution >= 4 is 12.4 Å². The van der Waals surface area contributed by atoms with E-state index in [4.69, 9.17) is 5.11 Å². The van der Waals surface area contributed by atoms with Crippen LogP contribution in [-0.4, -0.2) is 16.9 Å². The minimum absolute atomic E-state index is 0.0412. The van der Waals surface area contributed by atoms with Crippen LogP contribution >= 0.6 is 0 Å². The molecule has 0 aliphatic heterocycles. The van der Waals surface area contributed by atoms with Crippen LogP contribution in [0.3, 0.4) is 0 Å². The number of aliphatic hydroxyl groups is 2. The summed E-state index contributed by atoms with van der Waals surface area (Å²) in [4.78, 5) is 3.82. The fourth-order valence-corrected chi connectivity index (χ4v) is 1.31. The number of benzene rings is 1. The third-order valence-corrected chi connectivity index (χ3v) is 2.07. The highest BCUT2D eigenvalue weighted by Gasteiger charge is 2.19. The van der Waals surface area contributed by atoms with Crippen molar-refractivity contribution in [1.82, 2.24) is 0 Å². The normalized spacial score (nSPS) is 11.4. The van der Waals surface area contributed by atoms with Gasteiger partial charge in [0.25, 0.3) is 0 Å². The van der Waals surface area contributed by atoms with Crippen molar-refractivity contribution in [3.05, 3.63) is 29.3 Å². The molecule has 3 heteroatoms.